The van der Waals surface area contributed by atoms with Crippen molar-refractivity contribution in [3.8, 4) is 0 Å². The smallest absolute Gasteiger partial charge is 0.244 e. The highest BCUT2D eigenvalue weighted by molar-refractivity contribution is 7.89. The summed E-state index contributed by atoms with van der Waals surface area (Å²) in [6.07, 6.45) is 1.87. The van der Waals surface area contributed by atoms with Crippen molar-refractivity contribution in [2.45, 2.75) is 63.7 Å². The van der Waals surface area contributed by atoms with Gasteiger partial charge in [0.1, 0.15) is 6.54 Å². The van der Waals surface area contributed by atoms with E-state index in [9.17, 15) is 18.0 Å². The Balaban J connectivity index is 1.56. The number of carbonyl (C=O) groups is 2. The Hall–Kier alpha value is -2.71. The molecular weight excluding hydrogens is 462 g/mol. The van der Waals surface area contributed by atoms with E-state index in [2.05, 4.69) is 26.1 Å². The standard InChI is InChI=1S/C27H35N3O4S/c1-18(2)20-8-10-21(11-9-20)28-25(31)17-30-24-13-12-22(15-23(24)27(4,5)26(30)32)35(33,34)29-14-6-7-19(3)16-29/h8-13,15,18-19H,6-7,14,16-17H2,1-5H3,(H,28,31)/t19-/m0/s1. The minimum atomic E-state index is -3.65. The number of benzene rings is 2. The molecule has 0 aromatic heterocycles. The molecule has 0 saturated carbocycles. The third kappa shape index (κ3) is 4.86. The monoisotopic (exact) mass is 497 g/mol. The van der Waals surface area contributed by atoms with Gasteiger partial charge in [0.2, 0.25) is 21.8 Å². The number of nitrogens with one attached hydrogen (secondary N) is 1. The molecule has 2 aliphatic rings. The normalized spacial score (nSPS) is 20.2. The number of carbonyl (C=O) groups excluding carboxylic acids is 2. The molecule has 1 N–H and O–H groups in total. The first-order valence-electron chi connectivity index (χ1n) is 12.3. The summed E-state index contributed by atoms with van der Waals surface area (Å²) in [5, 5.41) is 2.86. The van der Waals surface area contributed by atoms with Gasteiger partial charge >= 0.3 is 0 Å². The molecule has 188 valence electrons. The fraction of sp³-hybridized carbons (Fsp3) is 0.481. The van der Waals surface area contributed by atoms with Crippen LogP contribution < -0.4 is 10.2 Å². The first-order valence-corrected chi connectivity index (χ1v) is 13.7. The molecule has 2 amide bonds. The minimum absolute atomic E-state index is 0.142. The second-order valence-electron chi connectivity index (χ2n) is 10.6. The highest BCUT2D eigenvalue weighted by Gasteiger charge is 2.45. The third-order valence-corrected chi connectivity index (χ3v) is 8.99. The van der Waals surface area contributed by atoms with E-state index in [4.69, 9.17) is 0 Å². The number of anilines is 2. The van der Waals surface area contributed by atoms with Crippen LogP contribution in [0.25, 0.3) is 0 Å². The Kier molecular flexibility index (Phi) is 6.81. The molecule has 2 heterocycles. The van der Waals surface area contributed by atoms with Crippen LogP contribution in [-0.2, 0) is 25.0 Å². The van der Waals surface area contributed by atoms with Crippen LogP contribution in [0.2, 0.25) is 0 Å². The van der Waals surface area contributed by atoms with Crippen LogP contribution in [0.15, 0.2) is 47.4 Å². The molecule has 0 radical (unpaired) electrons. The summed E-state index contributed by atoms with van der Waals surface area (Å²) in [6, 6.07) is 12.5. The van der Waals surface area contributed by atoms with Gasteiger partial charge in [-0.15, -0.1) is 0 Å². The van der Waals surface area contributed by atoms with Gasteiger partial charge < -0.3 is 10.2 Å². The SMILES string of the molecule is CC(C)c1ccc(NC(=O)CN2C(=O)C(C)(C)c3cc(S(=O)(=O)N4CCC[C@H](C)C4)ccc32)cc1. The molecule has 0 bridgehead atoms. The van der Waals surface area contributed by atoms with Crippen LogP contribution in [0.1, 0.15) is 64.5 Å². The van der Waals surface area contributed by atoms with Crippen molar-refractivity contribution in [1.29, 1.82) is 0 Å². The second kappa shape index (κ2) is 9.39. The van der Waals surface area contributed by atoms with Gasteiger partial charge in [-0.25, -0.2) is 8.42 Å². The molecule has 2 aromatic rings. The van der Waals surface area contributed by atoms with E-state index >= 15 is 0 Å². The lowest BCUT2D eigenvalue weighted by molar-refractivity contribution is -0.124. The average molecular weight is 498 g/mol. The van der Waals surface area contributed by atoms with Crippen molar-refractivity contribution in [1.82, 2.24) is 4.31 Å². The summed E-state index contributed by atoms with van der Waals surface area (Å²) in [5.41, 5.74) is 2.12. The van der Waals surface area contributed by atoms with Gasteiger partial charge in [-0.2, -0.15) is 4.31 Å². The molecule has 1 fully saturated rings. The van der Waals surface area contributed by atoms with Crippen LogP contribution in [0.4, 0.5) is 11.4 Å². The van der Waals surface area contributed by atoms with E-state index in [1.807, 2.05) is 24.3 Å². The predicted octanol–water partition coefficient (Wildman–Crippen LogP) is 4.49. The molecule has 0 aliphatic carbocycles. The highest BCUT2D eigenvalue weighted by atomic mass is 32.2. The Labute approximate surface area is 208 Å². The van der Waals surface area contributed by atoms with E-state index in [1.54, 1.807) is 36.4 Å². The van der Waals surface area contributed by atoms with Crippen molar-refractivity contribution in [2.75, 3.05) is 29.9 Å². The van der Waals surface area contributed by atoms with Crippen LogP contribution >= 0.6 is 0 Å². The van der Waals surface area contributed by atoms with Crippen molar-refractivity contribution in [3.05, 3.63) is 53.6 Å². The number of rotatable bonds is 6. The van der Waals surface area contributed by atoms with Gasteiger partial charge in [0.05, 0.1) is 10.3 Å². The van der Waals surface area contributed by atoms with E-state index < -0.39 is 15.4 Å². The van der Waals surface area contributed by atoms with E-state index in [0.29, 0.717) is 41.9 Å². The van der Waals surface area contributed by atoms with Crippen LogP contribution in [0.3, 0.4) is 0 Å². The maximum Gasteiger partial charge on any atom is 0.244 e. The summed E-state index contributed by atoms with van der Waals surface area (Å²) < 4.78 is 28.2. The molecule has 0 spiro atoms. The lowest BCUT2D eigenvalue weighted by atomic mass is 9.86. The third-order valence-electron chi connectivity index (χ3n) is 7.13. The predicted molar refractivity (Wildman–Crippen MR) is 138 cm³/mol. The van der Waals surface area contributed by atoms with Crippen molar-refractivity contribution in [3.63, 3.8) is 0 Å². The molecule has 8 heteroatoms. The summed E-state index contributed by atoms with van der Waals surface area (Å²) >= 11 is 0. The fourth-order valence-electron chi connectivity index (χ4n) is 4.94. The summed E-state index contributed by atoms with van der Waals surface area (Å²) in [7, 11) is -3.65. The average Bonchev–Trinajstić information content (AvgIpc) is 2.99. The van der Waals surface area contributed by atoms with Gasteiger partial charge in [-0.05, 0) is 80.0 Å². The van der Waals surface area contributed by atoms with E-state index in [-0.39, 0.29) is 23.3 Å². The van der Waals surface area contributed by atoms with Crippen molar-refractivity contribution < 1.29 is 18.0 Å². The number of amides is 2. The first kappa shape index (κ1) is 25.4. The number of hydrogen-bond donors (Lipinski definition) is 1. The summed E-state index contributed by atoms with van der Waals surface area (Å²) in [4.78, 5) is 27.7. The zero-order chi connectivity index (χ0) is 25.5. The van der Waals surface area contributed by atoms with Crippen LogP contribution in [0.5, 0.6) is 0 Å². The van der Waals surface area contributed by atoms with Crippen LogP contribution in [-0.4, -0.2) is 44.2 Å². The van der Waals surface area contributed by atoms with Gasteiger partial charge in [0, 0.05) is 24.5 Å². The number of sulfonamides is 1. The number of piperidine rings is 1. The molecular formula is C27H35N3O4S. The molecule has 7 nitrogen and oxygen atoms in total. The van der Waals surface area contributed by atoms with E-state index in [1.165, 1.54) is 10.5 Å². The van der Waals surface area contributed by atoms with Crippen LogP contribution in [0, 0.1) is 5.92 Å². The van der Waals surface area contributed by atoms with E-state index in [0.717, 1.165) is 12.8 Å². The Morgan fingerprint density at radius 3 is 2.46 bits per heavy atom. The summed E-state index contributed by atoms with van der Waals surface area (Å²) in [6.45, 7) is 10.7. The largest absolute Gasteiger partial charge is 0.325 e. The second-order valence-corrected chi connectivity index (χ2v) is 12.6. The molecule has 0 unspecified atom stereocenters. The maximum absolute atomic E-state index is 13.3. The Morgan fingerprint density at radius 1 is 1.14 bits per heavy atom. The quantitative estimate of drug-likeness (QED) is 0.637. The van der Waals surface area contributed by atoms with Gasteiger partial charge in [0.25, 0.3) is 0 Å². The Bertz CT molecular complexity index is 1240. The minimum Gasteiger partial charge on any atom is -0.325 e. The van der Waals surface area contributed by atoms with Crippen molar-refractivity contribution in [2.24, 2.45) is 5.92 Å². The van der Waals surface area contributed by atoms with Crippen molar-refractivity contribution >= 4 is 33.2 Å². The maximum atomic E-state index is 13.3. The van der Waals surface area contributed by atoms with Gasteiger partial charge in [-0.3, -0.25) is 9.59 Å². The number of hydrogen-bond acceptors (Lipinski definition) is 4. The number of fused-ring (bicyclic) bond motifs is 1. The lowest BCUT2D eigenvalue weighted by Gasteiger charge is -2.30. The molecule has 1 saturated heterocycles. The fourth-order valence-corrected chi connectivity index (χ4v) is 6.56. The van der Waals surface area contributed by atoms with Gasteiger partial charge in [-0.1, -0.05) is 32.9 Å². The Morgan fingerprint density at radius 2 is 1.83 bits per heavy atom. The molecule has 4 rings (SSSR count). The molecule has 2 aromatic carbocycles. The molecule has 1 atom stereocenters. The summed E-state index contributed by atoms with van der Waals surface area (Å²) in [5.74, 6) is 0.187. The zero-order valence-corrected chi connectivity index (χ0v) is 22.0. The molecule has 35 heavy (non-hydrogen) atoms. The molecule has 2 aliphatic heterocycles. The zero-order valence-electron chi connectivity index (χ0n) is 21.2. The topological polar surface area (TPSA) is 86.8 Å². The van der Waals surface area contributed by atoms with Gasteiger partial charge in [0.15, 0.2) is 0 Å². The lowest BCUT2D eigenvalue weighted by Crippen LogP contribution is -2.40. The highest BCUT2D eigenvalue weighted by Crippen LogP contribution is 2.43. The number of nitrogens with zero attached hydrogens (tertiary/aromatic N) is 2. The first-order chi connectivity index (χ1) is 16.4.